The summed E-state index contributed by atoms with van der Waals surface area (Å²) >= 11 is 0. The van der Waals surface area contributed by atoms with Crippen molar-refractivity contribution in [1.82, 2.24) is 5.32 Å². The Balaban J connectivity index is 4.00. The Morgan fingerprint density at radius 1 is 1.00 bits per heavy atom. The van der Waals surface area contributed by atoms with E-state index in [1.807, 2.05) is 0 Å². The van der Waals surface area contributed by atoms with E-state index in [9.17, 15) is 4.79 Å². The fourth-order valence-electron chi connectivity index (χ4n) is 1.95. The first-order valence-corrected chi connectivity index (χ1v) is 7.21. The Bertz CT molecular complexity index is 195. The SMILES string of the molecule is CCCCC(CCC)NC(=O)C(N)CCCC. The van der Waals surface area contributed by atoms with E-state index in [-0.39, 0.29) is 11.9 Å². The zero-order valence-electron chi connectivity index (χ0n) is 11.8. The highest BCUT2D eigenvalue weighted by Crippen LogP contribution is 2.07. The molecule has 0 aliphatic heterocycles. The molecule has 2 atom stereocenters. The number of carbonyl (C=O) groups is 1. The minimum absolute atomic E-state index is 0.0352. The van der Waals surface area contributed by atoms with E-state index in [2.05, 4.69) is 26.1 Å². The van der Waals surface area contributed by atoms with Gasteiger partial charge in [-0.1, -0.05) is 52.9 Å². The van der Waals surface area contributed by atoms with Gasteiger partial charge >= 0.3 is 0 Å². The zero-order chi connectivity index (χ0) is 13.1. The number of nitrogens with two attached hydrogens (primary N) is 1. The maximum absolute atomic E-state index is 11.9. The summed E-state index contributed by atoms with van der Waals surface area (Å²) in [5.74, 6) is 0.0352. The van der Waals surface area contributed by atoms with Crippen LogP contribution in [0.4, 0.5) is 0 Å². The molecule has 17 heavy (non-hydrogen) atoms. The number of hydrogen-bond donors (Lipinski definition) is 2. The average molecular weight is 242 g/mol. The molecule has 3 N–H and O–H groups in total. The first-order chi connectivity index (χ1) is 8.15. The number of hydrogen-bond acceptors (Lipinski definition) is 2. The summed E-state index contributed by atoms with van der Waals surface area (Å²) in [7, 11) is 0. The van der Waals surface area contributed by atoms with Crippen molar-refractivity contribution in [3.05, 3.63) is 0 Å². The summed E-state index contributed by atoms with van der Waals surface area (Å²) in [5, 5.41) is 3.10. The molecule has 0 saturated heterocycles. The lowest BCUT2D eigenvalue weighted by Crippen LogP contribution is -2.45. The Morgan fingerprint density at radius 2 is 1.59 bits per heavy atom. The van der Waals surface area contributed by atoms with Crippen molar-refractivity contribution >= 4 is 5.91 Å². The summed E-state index contributed by atoms with van der Waals surface area (Å²) in [4.78, 5) is 11.9. The number of nitrogens with one attached hydrogen (secondary N) is 1. The maximum atomic E-state index is 11.9. The molecule has 0 rings (SSSR count). The molecule has 0 bridgehead atoms. The minimum atomic E-state index is -0.323. The van der Waals surface area contributed by atoms with Crippen LogP contribution in [0.3, 0.4) is 0 Å². The van der Waals surface area contributed by atoms with Crippen LogP contribution < -0.4 is 11.1 Å². The topological polar surface area (TPSA) is 55.1 Å². The summed E-state index contributed by atoms with van der Waals surface area (Å²) in [5.41, 5.74) is 5.86. The predicted octanol–water partition coefficient (Wildman–Crippen LogP) is 2.98. The molecule has 0 fully saturated rings. The number of amides is 1. The Hall–Kier alpha value is -0.570. The van der Waals surface area contributed by atoms with Crippen LogP contribution in [-0.2, 0) is 4.79 Å². The Labute approximate surface area is 107 Å². The third kappa shape index (κ3) is 8.19. The van der Waals surface area contributed by atoms with Crippen molar-refractivity contribution in [2.24, 2.45) is 5.73 Å². The van der Waals surface area contributed by atoms with Crippen molar-refractivity contribution in [1.29, 1.82) is 0 Å². The molecule has 0 aliphatic rings. The lowest BCUT2D eigenvalue weighted by atomic mass is 10.0. The normalized spacial score (nSPS) is 14.4. The first kappa shape index (κ1) is 16.4. The summed E-state index contributed by atoms with van der Waals surface area (Å²) in [6.45, 7) is 6.45. The Morgan fingerprint density at radius 3 is 2.12 bits per heavy atom. The molecule has 0 aromatic rings. The van der Waals surface area contributed by atoms with Gasteiger partial charge in [0, 0.05) is 6.04 Å². The van der Waals surface area contributed by atoms with Gasteiger partial charge in [0.05, 0.1) is 6.04 Å². The van der Waals surface area contributed by atoms with Crippen molar-refractivity contribution < 1.29 is 4.79 Å². The molecule has 0 aliphatic carbocycles. The maximum Gasteiger partial charge on any atom is 0.237 e. The van der Waals surface area contributed by atoms with Gasteiger partial charge in [-0.25, -0.2) is 0 Å². The molecular formula is C14H30N2O. The standard InChI is InChI=1S/C14H30N2O/c1-4-7-10-12(9-6-3)16-14(17)13(15)11-8-5-2/h12-13H,4-11,15H2,1-3H3,(H,16,17). The van der Waals surface area contributed by atoms with Crippen molar-refractivity contribution in [2.75, 3.05) is 0 Å². The van der Waals surface area contributed by atoms with Gasteiger partial charge in [0.1, 0.15) is 0 Å². The van der Waals surface area contributed by atoms with E-state index in [4.69, 9.17) is 5.73 Å². The third-order valence-electron chi connectivity index (χ3n) is 3.10. The van der Waals surface area contributed by atoms with Crippen LogP contribution in [0.25, 0.3) is 0 Å². The quantitative estimate of drug-likeness (QED) is 0.619. The second-order valence-corrected chi connectivity index (χ2v) is 4.89. The molecule has 0 heterocycles. The molecule has 102 valence electrons. The fourth-order valence-corrected chi connectivity index (χ4v) is 1.95. The van der Waals surface area contributed by atoms with E-state index in [1.54, 1.807) is 0 Å². The van der Waals surface area contributed by atoms with Gasteiger partial charge in [-0.2, -0.15) is 0 Å². The predicted molar refractivity (Wildman–Crippen MR) is 73.9 cm³/mol. The largest absolute Gasteiger partial charge is 0.352 e. The molecular weight excluding hydrogens is 212 g/mol. The molecule has 0 aromatic carbocycles. The highest BCUT2D eigenvalue weighted by molar-refractivity contribution is 5.81. The second kappa shape index (κ2) is 10.6. The monoisotopic (exact) mass is 242 g/mol. The van der Waals surface area contributed by atoms with Gasteiger partial charge in [0.15, 0.2) is 0 Å². The lowest BCUT2D eigenvalue weighted by molar-refractivity contribution is -0.123. The molecule has 0 aromatic heterocycles. The van der Waals surface area contributed by atoms with E-state index >= 15 is 0 Å². The molecule has 3 nitrogen and oxygen atoms in total. The van der Waals surface area contributed by atoms with Crippen LogP contribution in [0.1, 0.15) is 72.1 Å². The molecule has 3 heteroatoms. The van der Waals surface area contributed by atoms with Gasteiger partial charge in [0.25, 0.3) is 0 Å². The second-order valence-electron chi connectivity index (χ2n) is 4.89. The summed E-state index contributed by atoms with van der Waals surface area (Å²) in [6.07, 6.45) is 8.53. The zero-order valence-corrected chi connectivity index (χ0v) is 11.8. The van der Waals surface area contributed by atoms with E-state index in [0.717, 1.165) is 38.5 Å². The minimum Gasteiger partial charge on any atom is -0.352 e. The van der Waals surface area contributed by atoms with Crippen molar-refractivity contribution in [2.45, 2.75) is 84.2 Å². The molecule has 0 saturated carbocycles. The summed E-state index contributed by atoms with van der Waals surface area (Å²) < 4.78 is 0. The molecule has 1 amide bonds. The van der Waals surface area contributed by atoms with Crippen LogP contribution in [0, 0.1) is 0 Å². The van der Waals surface area contributed by atoms with Gasteiger partial charge in [-0.3, -0.25) is 4.79 Å². The lowest BCUT2D eigenvalue weighted by Gasteiger charge is -2.20. The average Bonchev–Trinajstić information content (AvgIpc) is 2.33. The number of unbranched alkanes of at least 4 members (excludes halogenated alkanes) is 2. The van der Waals surface area contributed by atoms with Crippen molar-refractivity contribution in [3.8, 4) is 0 Å². The molecule has 0 radical (unpaired) electrons. The van der Waals surface area contributed by atoms with Gasteiger partial charge in [-0.05, 0) is 19.3 Å². The number of carbonyl (C=O) groups excluding carboxylic acids is 1. The number of rotatable bonds is 10. The van der Waals surface area contributed by atoms with Crippen LogP contribution in [0.2, 0.25) is 0 Å². The molecule has 0 spiro atoms. The smallest absolute Gasteiger partial charge is 0.237 e. The van der Waals surface area contributed by atoms with Gasteiger partial charge in [0.2, 0.25) is 5.91 Å². The third-order valence-corrected chi connectivity index (χ3v) is 3.10. The molecule has 2 unspecified atom stereocenters. The van der Waals surface area contributed by atoms with Crippen LogP contribution in [-0.4, -0.2) is 18.0 Å². The fraction of sp³-hybridized carbons (Fsp3) is 0.929. The Kier molecular flexibility index (Phi) is 10.2. The van der Waals surface area contributed by atoms with E-state index < -0.39 is 0 Å². The van der Waals surface area contributed by atoms with Crippen LogP contribution in [0.15, 0.2) is 0 Å². The van der Waals surface area contributed by atoms with Gasteiger partial charge in [-0.15, -0.1) is 0 Å². The highest BCUT2D eigenvalue weighted by atomic mass is 16.2. The van der Waals surface area contributed by atoms with Crippen molar-refractivity contribution in [3.63, 3.8) is 0 Å². The first-order valence-electron chi connectivity index (χ1n) is 7.21. The van der Waals surface area contributed by atoms with Gasteiger partial charge < -0.3 is 11.1 Å². The van der Waals surface area contributed by atoms with Crippen LogP contribution >= 0.6 is 0 Å². The van der Waals surface area contributed by atoms with E-state index in [0.29, 0.717) is 6.04 Å². The van der Waals surface area contributed by atoms with Crippen LogP contribution in [0.5, 0.6) is 0 Å². The van der Waals surface area contributed by atoms with E-state index in [1.165, 1.54) is 12.8 Å². The summed E-state index contributed by atoms with van der Waals surface area (Å²) in [6, 6.07) is -0.00365. The highest BCUT2D eigenvalue weighted by Gasteiger charge is 2.16.